The van der Waals surface area contributed by atoms with E-state index in [1.54, 1.807) is 36.9 Å². The van der Waals surface area contributed by atoms with Crippen LogP contribution in [0.25, 0.3) is 0 Å². The van der Waals surface area contributed by atoms with Gasteiger partial charge in [0, 0.05) is 30.8 Å². The number of rotatable bonds is 7. The van der Waals surface area contributed by atoms with E-state index in [1.165, 1.54) is 12.1 Å². The molecule has 0 saturated heterocycles. The Labute approximate surface area is 141 Å². The Bertz CT molecular complexity index is 821. The molecule has 0 spiro atoms. The van der Waals surface area contributed by atoms with Crippen molar-refractivity contribution in [1.29, 1.82) is 0 Å². The molecule has 24 heavy (non-hydrogen) atoms. The van der Waals surface area contributed by atoms with Gasteiger partial charge in [0.2, 0.25) is 21.6 Å². The number of benzene rings is 1. The van der Waals surface area contributed by atoms with Crippen LogP contribution in [-0.2, 0) is 10.0 Å². The molecule has 0 fully saturated rings. The third-order valence-electron chi connectivity index (χ3n) is 3.82. The largest absolute Gasteiger partial charge is 0.368 e. The normalized spacial score (nSPS) is 14.6. The fourth-order valence-electron chi connectivity index (χ4n) is 2.66. The average Bonchev–Trinajstić information content (AvgIpc) is 2.58. The number of carbonyl (C=O) groups is 2. The number of likely N-dealkylation sites (N-methyl/N-ethyl adjacent to an activating group) is 1. The minimum absolute atomic E-state index is 0.0273. The molecule has 0 radical (unpaired) electrons. The van der Waals surface area contributed by atoms with Crippen LogP contribution in [0, 0.1) is 0 Å². The van der Waals surface area contributed by atoms with Gasteiger partial charge in [0.25, 0.3) is 0 Å². The number of nitrogens with one attached hydrogen (secondary N) is 1. The van der Waals surface area contributed by atoms with Gasteiger partial charge in [-0.3, -0.25) is 9.59 Å². The quantitative estimate of drug-likeness (QED) is 0.759. The SMILES string of the molecule is C=CCNS(=O)(=O)C1=C(N(CC)CC)C(=O)c2ccccc2C1=O. The second kappa shape index (κ2) is 7.11. The number of hydrogen-bond acceptors (Lipinski definition) is 5. The molecule has 0 aliphatic heterocycles. The van der Waals surface area contributed by atoms with Crippen LogP contribution in [0.15, 0.2) is 47.5 Å². The molecular formula is C17H20N2O4S. The fourth-order valence-corrected chi connectivity index (χ4v) is 3.97. The van der Waals surface area contributed by atoms with E-state index in [2.05, 4.69) is 11.3 Å². The molecule has 0 atom stereocenters. The lowest BCUT2D eigenvalue weighted by atomic mass is 9.92. The number of fused-ring (bicyclic) bond motifs is 1. The number of carbonyl (C=O) groups excluding carboxylic acids is 2. The van der Waals surface area contributed by atoms with Gasteiger partial charge in [0.05, 0.1) is 0 Å². The monoisotopic (exact) mass is 348 g/mol. The first kappa shape index (κ1) is 18.1. The molecule has 0 saturated carbocycles. The van der Waals surface area contributed by atoms with Gasteiger partial charge in [-0.05, 0) is 13.8 Å². The van der Waals surface area contributed by atoms with Crippen molar-refractivity contribution in [3.05, 3.63) is 58.6 Å². The molecule has 0 heterocycles. The van der Waals surface area contributed by atoms with Crippen LogP contribution in [0.3, 0.4) is 0 Å². The zero-order chi connectivity index (χ0) is 17.9. The van der Waals surface area contributed by atoms with E-state index < -0.39 is 26.5 Å². The molecule has 7 heteroatoms. The highest BCUT2D eigenvalue weighted by atomic mass is 32.2. The maximum atomic E-state index is 12.9. The zero-order valence-electron chi connectivity index (χ0n) is 13.7. The van der Waals surface area contributed by atoms with E-state index in [4.69, 9.17) is 0 Å². The standard InChI is InChI=1S/C17H20N2O4S/c1-4-11-18-24(22,23)17-14(19(5-2)6-3)15(20)12-9-7-8-10-13(12)16(17)21/h4,7-10,18H,1,5-6,11H2,2-3H3. The molecule has 0 aromatic heterocycles. The second-order valence-electron chi connectivity index (χ2n) is 5.19. The van der Waals surface area contributed by atoms with E-state index in [0.29, 0.717) is 13.1 Å². The lowest BCUT2D eigenvalue weighted by Gasteiger charge is -2.29. The predicted molar refractivity (Wildman–Crippen MR) is 92.2 cm³/mol. The zero-order valence-corrected chi connectivity index (χ0v) is 14.5. The van der Waals surface area contributed by atoms with Crippen molar-refractivity contribution >= 4 is 21.6 Å². The first-order valence-corrected chi connectivity index (χ1v) is 9.15. The minimum Gasteiger partial charge on any atom is -0.368 e. The summed E-state index contributed by atoms with van der Waals surface area (Å²) in [6, 6.07) is 6.27. The number of nitrogens with zero attached hydrogens (tertiary/aromatic N) is 1. The van der Waals surface area contributed by atoms with Gasteiger partial charge < -0.3 is 4.90 Å². The number of hydrogen-bond donors (Lipinski definition) is 1. The van der Waals surface area contributed by atoms with E-state index in [-0.39, 0.29) is 23.4 Å². The molecular weight excluding hydrogens is 328 g/mol. The molecule has 0 amide bonds. The van der Waals surface area contributed by atoms with Crippen LogP contribution in [0.5, 0.6) is 0 Å². The van der Waals surface area contributed by atoms with Gasteiger partial charge in [-0.2, -0.15) is 0 Å². The lowest BCUT2D eigenvalue weighted by Crippen LogP contribution is -2.39. The number of allylic oxidation sites excluding steroid dienone is 2. The van der Waals surface area contributed by atoms with Crippen LogP contribution in [0.2, 0.25) is 0 Å². The number of sulfonamides is 1. The highest BCUT2D eigenvalue weighted by Gasteiger charge is 2.40. The summed E-state index contributed by atoms with van der Waals surface area (Å²) in [4.78, 5) is 26.8. The maximum Gasteiger partial charge on any atom is 0.246 e. The van der Waals surface area contributed by atoms with Crippen molar-refractivity contribution < 1.29 is 18.0 Å². The second-order valence-corrected chi connectivity index (χ2v) is 6.90. The third kappa shape index (κ3) is 3.05. The summed E-state index contributed by atoms with van der Waals surface area (Å²) in [5.74, 6) is -1.11. The first-order chi connectivity index (χ1) is 11.4. The first-order valence-electron chi connectivity index (χ1n) is 7.67. The minimum atomic E-state index is -4.14. The summed E-state index contributed by atoms with van der Waals surface area (Å²) >= 11 is 0. The number of ketones is 2. The summed E-state index contributed by atoms with van der Waals surface area (Å²) in [7, 11) is -4.14. The summed E-state index contributed by atoms with van der Waals surface area (Å²) in [5.41, 5.74) is 0.268. The van der Waals surface area contributed by atoms with E-state index in [9.17, 15) is 18.0 Å². The number of Topliss-reactive ketones (excluding diaryl/α,β-unsaturated/α-hetero) is 2. The Balaban J connectivity index is 2.75. The van der Waals surface area contributed by atoms with E-state index >= 15 is 0 Å². The van der Waals surface area contributed by atoms with Crippen LogP contribution < -0.4 is 4.72 Å². The molecule has 1 aliphatic carbocycles. The summed E-state index contributed by atoms with van der Waals surface area (Å²) in [5, 5.41) is 0. The Morgan fingerprint density at radius 3 is 2.12 bits per heavy atom. The van der Waals surface area contributed by atoms with Crippen LogP contribution in [-0.4, -0.2) is 44.5 Å². The van der Waals surface area contributed by atoms with Crippen molar-refractivity contribution in [3.63, 3.8) is 0 Å². The van der Waals surface area contributed by atoms with Crippen molar-refractivity contribution in [1.82, 2.24) is 9.62 Å². The summed E-state index contributed by atoms with van der Waals surface area (Å²) < 4.78 is 27.6. The maximum absolute atomic E-state index is 12.9. The average molecular weight is 348 g/mol. The van der Waals surface area contributed by atoms with Gasteiger partial charge in [-0.15, -0.1) is 6.58 Å². The summed E-state index contributed by atoms with van der Waals surface area (Å²) in [6.45, 7) is 7.86. The van der Waals surface area contributed by atoms with Crippen LogP contribution >= 0.6 is 0 Å². The van der Waals surface area contributed by atoms with Crippen molar-refractivity contribution in [2.24, 2.45) is 0 Å². The topological polar surface area (TPSA) is 83.6 Å². The highest BCUT2D eigenvalue weighted by Crippen LogP contribution is 2.30. The molecule has 0 unspecified atom stereocenters. The fraction of sp³-hybridized carbons (Fsp3) is 0.294. The summed E-state index contributed by atoms with van der Waals surface area (Å²) in [6.07, 6.45) is 1.37. The van der Waals surface area contributed by atoms with Crippen LogP contribution in [0.1, 0.15) is 34.6 Å². The Kier molecular flexibility index (Phi) is 5.36. The molecule has 1 aromatic rings. The van der Waals surface area contributed by atoms with Gasteiger partial charge in [0.15, 0.2) is 4.91 Å². The lowest BCUT2D eigenvalue weighted by molar-refractivity contribution is 0.0949. The van der Waals surface area contributed by atoms with Crippen LogP contribution in [0.4, 0.5) is 0 Å². The van der Waals surface area contributed by atoms with Gasteiger partial charge in [0.1, 0.15) is 5.70 Å². The van der Waals surface area contributed by atoms with Crippen molar-refractivity contribution in [2.75, 3.05) is 19.6 Å². The molecule has 1 aromatic carbocycles. The Hall–Kier alpha value is -2.25. The Morgan fingerprint density at radius 1 is 1.08 bits per heavy atom. The third-order valence-corrected chi connectivity index (χ3v) is 5.28. The Morgan fingerprint density at radius 2 is 1.62 bits per heavy atom. The van der Waals surface area contributed by atoms with Crippen molar-refractivity contribution in [3.8, 4) is 0 Å². The van der Waals surface area contributed by atoms with Gasteiger partial charge >= 0.3 is 0 Å². The smallest absolute Gasteiger partial charge is 0.246 e. The molecule has 1 N–H and O–H groups in total. The van der Waals surface area contributed by atoms with Gasteiger partial charge in [-0.1, -0.05) is 30.3 Å². The van der Waals surface area contributed by atoms with Gasteiger partial charge in [-0.25, -0.2) is 13.1 Å². The highest BCUT2D eigenvalue weighted by molar-refractivity contribution is 7.94. The van der Waals surface area contributed by atoms with E-state index in [0.717, 1.165) is 0 Å². The van der Waals surface area contributed by atoms with E-state index in [1.807, 2.05) is 0 Å². The molecule has 2 rings (SSSR count). The predicted octanol–water partition coefficient (Wildman–Crippen LogP) is 1.72. The molecule has 0 bridgehead atoms. The van der Waals surface area contributed by atoms with Crippen molar-refractivity contribution in [2.45, 2.75) is 13.8 Å². The molecule has 128 valence electrons. The molecule has 1 aliphatic rings. The molecule has 6 nitrogen and oxygen atoms in total.